The summed E-state index contributed by atoms with van der Waals surface area (Å²) in [6.07, 6.45) is 0. The molecule has 78 valence electrons. The van der Waals surface area contributed by atoms with Gasteiger partial charge in [-0.1, -0.05) is 18.2 Å². The molecule has 0 unspecified atom stereocenters. The minimum atomic E-state index is -4.70. The molecule has 0 saturated carbocycles. The molecule has 0 bridgehead atoms. The molecule has 0 fully saturated rings. The third-order valence-corrected chi connectivity index (χ3v) is 1.02. The van der Waals surface area contributed by atoms with Crippen LogP contribution in [0.3, 0.4) is 0 Å². The average molecular weight is 344 g/mol. The first-order valence-corrected chi connectivity index (χ1v) is 5.12. The standard InChI is InChI=1S/C7H6O2.3FH.Ho/c8-7(9)6-4-2-1-3-5-6;;;;/h1-5H,(H,8,9);3*1H;/q;;;;+3/p-3. The van der Waals surface area contributed by atoms with Crippen LogP contribution in [0.2, 0.25) is 0 Å². The number of hydrogen-bond acceptors (Lipinski definition) is 1. The molecule has 6 heteroatoms. The summed E-state index contributed by atoms with van der Waals surface area (Å²) >= 11 is -4.70. The van der Waals surface area contributed by atoms with Gasteiger partial charge in [-0.15, -0.1) is 0 Å². The molecule has 0 aliphatic carbocycles. The second kappa shape index (κ2) is 7.17. The van der Waals surface area contributed by atoms with Gasteiger partial charge in [-0.3, -0.25) is 0 Å². The van der Waals surface area contributed by atoms with Crippen LogP contribution in [0.4, 0.5) is 4.09 Å². The van der Waals surface area contributed by atoms with Crippen LogP contribution in [0, 0.1) is 34.2 Å². The zero-order valence-electron chi connectivity index (χ0n) is 6.18. The van der Waals surface area contributed by atoms with Gasteiger partial charge in [-0.05, 0) is 12.1 Å². The van der Waals surface area contributed by atoms with Crippen LogP contribution >= 0.6 is 0 Å². The van der Waals surface area contributed by atoms with Crippen molar-refractivity contribution in [2.75, 3.05) is 0 Å². The zero-order valence-corrected chi connectivity index (χ0v) is 8.11. The van der Waals surface area contributed by atoms with Crippen LogP contribution in [-0.4, -0.2) is 11.1 Å². The summed E-state index contributed by atoms with van der Waals surface area (Å²) in [5.41, 5.74) is 0.331. The van der Waals surface area contributed by atoms with Crippen LogP contribution in [0.15, 0.2) is 30.3 Å². The molecule has 0 radical (unpaired) electrons. The summed E-state index contributed by atoms with van der Waals surface area (Å²) in [7, 11) is 0. The fraction of sp³-hybridized carbons (Fsp3) is 0. The molecule has 13 heavy (non-hydrogen) atoms. The van der Waals surface area contributed by atoms with Crippen molar-refractivity contribution in [3.63, 3.8) is 0 Å². The van der Waals surface area contributed by atoms with Crippen molar-refractivity contribution >= 4 is 5.97 Å². The molecule has 0 atom stereocenters. The second-order valence-electron chi connectivity index (χ2n) is 1.80. The van der Waals surface area contributed by atoms with E-state index in [4.69, 9.17) is 5.11 Å². The number of benzene rings is 1. The third-order valence-electron chi connectivity index (χ3n) is 1.02. The van der Waals surface area contributed by atoms with Gasteiger partial charge in [-0.2, -0.15) is 0 Å². The molecule has 0 aliphatic heterocycles. The third kappa shape index (κ3) is 8.08. The first-order valence-electron chi connectivity index (χ1n) is 2.93. The molecular formula is C7H6F3HoO2. The van der Waals surface area contributed by atoms with E-state index in [2.05, 4.69) is 0 Å². The van der Waals surface area contributed by atoms with E-state index in [0.717, 1.165) is 0 Å². The van der Waals surface area contributed by atoms with Crippen LogP contribution in [0.25, 0.3) is 0 Å². The van der Waals surface area contributed by atoms with Crippen molar-refractivity contribution < 1.29 is 48.2 Å². The van der Waals surface area contributed by atoms with Gasteiger partial charge in [0, 0.05) is 0 Å². The van der Waals surface area contributed by atoms with Gasteiger partial charge in [-0.25, -0.2) is 4.79 Å². The Morgan fingerprint density at radius 3 is 1.77 bits per heavy atom. The monoisotopic (exact) mass is 344 g/mol. The van der Waals surface area contributed by atoms with E-state index in [-0.39, 0.29) is 0 Å². The normalized spacial score (nSPS) is 9.62. The molecule has 1 aromatic rings. The summed E-state index contributed by atoms with van der Waals surface area (Å²) in [4.78, 5) is 10.2. The quantitative estimate of drug-likeness (QED) is 0.796. The van der Waals surface area contributed by atoms with E-state index in [1.807, 2.05) is 0 Å². The number of aromatic carboxylic acids is 1. The zero-order chi connectivity index (χ0) is 10.3. The Balaban J connectivity index is 0.000000310. The summed E-state index contributed by atoms with van der Waals surface area (Å²) in [6, 6.07) is 8.30. The van der Waals surface area contributed by atoms with E-state index >= 15 is 0 Å². The van der Waals surface area contributed by atoms with Gasteiger partial charge in [0.05, 0.1) is 5.56 Å². The first-order chi connectivity index (χ1) is 6.04. The Bertz CT molecular complexity index is 250. The van der Waals surface area contributed by atoms with E-state index in [1.54, 1.807) is 30.3 Å². The molecule has 1 aromatic carbocycles. The minimum absolute atomic E-state index is 0.331. The summed E-state index contributed by atoms with van der Waals surface area (Å²) in [5.74, 6) is -0.879. The van der Waals surface area contributed by atoms with E-state index in [0.29, 0.717) is 5.56 Å². The average Bonchev–Trinajstić information content (AvgIpc) is 2.05. The summed E-state index contributed by atoms with van der Waals surface area (Å²) < 4.78 is 29.4. The van der Waals surface area contributed by atoms with Crippen molar-refractivity contribution in [2.24, 2.45) is 0 Å². The molecule has 0 spiro atoms. The van der Waals surface area contributed by atoms with Crippen LogP contribution < -0.4 is 0 Å². The Morgan fingerprint density at radius 2 is 1.54 bits per heavy atom. The Kier molecular flexibility index (Phi) is 7.03. The van der Waals surface area contributed by atoms with E-state index in [9.17, 15) is 8.89 Å². The maximum absolute atomic E-state index is 10.2. The van der Waals surface area contributed by atoms with Gasteiger partial charge in [0.25, 0.3) is 0 Å². The van der Waals surface area contributed by atoms with Crippen molar-refractivity contribution in [2.45, 2.75) is 0 Å². The number of carbonyl (C=O) groups is 1. The fourth-order valence-electron chi connectivity index (χ4n) is 0.581. The van der Waals surface area contributed by atoms with Gasteiger partial charge in [0.2, 0.25) is 0 Å². The molecule has 0 amide bonds. The van der Waals surface area contributed by atoms with Crippen LogP contribution in [0.1, 0.15) is 10.4 Å². The number of carboxylic acids is 1. The predicted molar refractivity (Wildman–Crippen MR) is 36.7 cm³/mol. The van der Waals surface area contributed by atoms with Crippen molar-refractivity contribution in [3.8, 4) is 0 Å². The van der Waals surface area contributed by atoms with Gasteiger partial charge < -0.3 is 5.11 Å². The molecule has 0 aromatic heterocycles. The number of hydrogen-bond donors (Lipinski definition) is 1. The van der Waals surface area contributed by atoms with E-state index < -0.39 is 40.2 Å². The van der Waals surface area contributed by atoms with E-state index in [1.165, 1.54) is 0 Å². The van der Waals surface area contributed by atoms with Crippen LogP contribution in [0.5, 0.6) is 0 Å². The molecule has 1 rings (SSSR count). The predicted octanol–water partition coefficient (Wildman–Crippen LogP) is 2.65. The number of halogens is 3. The molecule has 2 nitrogen and oxygen atoms in total. The summed E-state index contributed by atoms with van der Waals surface area (Å²) in [5, 5.41) is 8.38. The summed E-state index contributed by atoms with van der Waals surface area (Å²) in [6.45, 7) is 0. The van der Waals surface area contributed by atoms with Crippen molar-refractivity contribution in [1.82, 2.24) is 0 Å². The van der Waals surface area contributed by atoms with Crippen molar-refractivity contribution in [1.29, 1.82) is 0 Å². The number of rotatable bonds is 1. The van der Waals surface area contributed by atoms with Gasteiger partial charge in [0.15, 0.2) is 0 Å². The van der Waals surface area contributed by atoms with Gasteiger partial charge in [0.1, 0.15) is 0 Å². The molecule has 0 aliphatic rings. The SMILES string of the molecule is O=C(O)c1ccccc1.[F][Ho]([F])[F]. The fourth-order valence-corrected chi connectivity index (χ4v) is 0.581. The first kappa shape index (κ1) is 12.7. The topological polar surface area (TPSA) is 37.3 Å². The molecule has 1 N–H and O–H groups in total. The molecular weight excluding hydrogens is 338 g/mol. The Labute approximate surface area is 89.5 Å². The molecule has 0 heterocycles. The molecule has 0 saturated heterocycles. The van der Waals surface area contributed by atoms with Crippen molar-refractivity contribution in [3.05, 3.63) is 35.9 Å². The number of carboxylic acid groups (broad SMARTS) is 1. The Morgan fingerprint density at radius 1 is 1.15 bits per heavy atom. The second-order valence-corrected chi connectivity index (χ2v) is 2.63. The Hall–Kier alpha value is -0.260. The maximum atomic E-state index is 10.2. The van der Waals surface area contributed by atoms with Gasteiger partial charge >= 0.3 is 44.3 Å². The van der Waals surface area contributed by atoms with Crippen LogP contribution in [-0.2, 0) is 0 Å².